The number of amides is 3. The molecule has 10 nitrogen and oxygen atoms in total. The first kappa shape index (κ1) is 34.3. The van der Waals surface area contributed by atoms with Crippen LogP contribution in [0.25, 0.3) is 0 Å². The number of fused-ring (bicyclic) bond motifs is 9. The average molecular weight is 785 g/mol. The van der Waals surface area contributed by atoms with Gasteiger partial charge in [0.05, 0.1) is 44.8 Å². The minimum absolute atomic E-state index is 0.0772. The van der Waals surface area contributed by atoms with Crippen molar-refractivity contribution in [2.45, 2.75) is 29.5 Å². The molecule has 2 N–H and O–H groups in total. The highest BCUT2D eigenvalue weighted by atomic mass is 35.5. The van der Waals surface area contributed by atoms with E-state index in [2.05, 4.69) is 10.3 Å². The number of H-pyrrole nitrogens is 1. The third-order valence-electron chi connectivity index (χ3n) is 10.2. The summed E-state index contributed by atoms with van der Waals surface area (Å²) in [4.78, 5) is 71.1. The number of esters is 1. The number of nitrogens with zero attached hydrogens (tertiary/aromatic N) is 1. The molecule has 3 heterocycles. The highest BCUT2D eigenvalue weighted by molar-refractivity contribution is 8.00. The van der Waals surface area contributed by atoms with Crippen molar-refractivity contribution < 1.29 is 28.7 Å². The first-order valence-electron chi connectivity index (χ1n) is 16.3. The van der Waals surface area contributed by atoms with Crippen LogP contribution in [0.3, 0.4) is 0 Å². The van der Waals surface area contributed by atoms with Crippen LogP contribution in [0.2, 0.25) is 15.1 Å². The first-order valence-corrected chi connectivity index (χ1v) is 19.1. The Balaban J connectivity index is 1.10. The Morgan fingerprint density at radius 2 is 1.69 bits per heavy atom. The van der Waals surface area contributed by atoms with Gasteiger partial charge in [-0.3, -0.25) is 24.1 Å². The van der Waals surface area contributed by atoms with E-state index in [9.17, 15) is 24.0 Å². The maximum atomic E-state index is 14.2. The highest BCUT2D eigenvalue weighted by Crippen LogP contribution is 2.69. The first-order chi connectivity index (χ1) is 24.5. The van der Waals surface area contributed by atoms with Crippen molar-refractivity contribution in [3.05, 3.63) is 101 Å². The Hall–Kier alpha value is -3.81. The fraction of sp³-hybridized carbons (Fsp3) is 0.306. The molecule has 8 rings (SSSR count). The number of aromatic nitrogens is 1. The van der Waals surface area contributed by atoms with E-state index in [1.54, 1.807) is 79.3 Å². The van der Waals surface area contributed by atoms with Crippen molar-refractivity contribution in [1.29, 1.82) is 0 Å². The molecule has 15 heteroatoms. The van der Waals surface area contributed by atoms with Crippen LogP contribution in [0.1, 0.15) is 40.1 Å². The Labute approximate surface area is 314 Å². The SMILES string of the molecule is CCOC(=O)c1ccc(N2C(=O)[C@H]3[C@H]4C[C@@H]([C@@H]3C2=O)[C@@H]2[C@H](c3cc(Cl)ccc3OCC(=O)Nc3ccc(Cl)c(Cl)c3)c3sc(=O)[nH]c3S[C@H]42)cc1. The molecule has 0 spiro atoms. The van der Waals surface area contributed by atoms with Crippen LogP contribution in [0.15, 0.2) is 70.5 Å². The van der Waals surface area contributed by atoms with E-state index in [1.165, 1.54) is 4.90 Å². The standard InChI is InChI=1S/C36H28Cl3N3O7S2/c1-2-48-35(46)15-3-7-18(8-4-15)42-33(44)28-20-13-21(29(28)34(42)45)30-27(20)26(31-32(50-30)41-36(47)51-31)19-11-16(37)5-10-24(19)49-14-25(43)40-17-6-9-22(38)23(39)12-17/h3-12,20-21,26-30H,2,13-14H2,1H3,(H,40,43)(H,41,47)/t20-,21-,26+,27-,28+,29+,30-/m1/s1. The van der Waals surface area contributed by atoms with E-state index in [1.807, 2.05) is 0 Å². The van der Waals surface area contributed by atoms with Gasteiger partial charge in [-0.1, -0.05) is 46.1 Å². The molecule has 2 aliphatic heterocycles. The number of carbonyl (C=O) groups excluding carboxylic acids is 4. The van der Waals surface area contributed by atoms with Crippen LogP contribution in [-0.4, -0.2) is 47.1 Å². The molecule has 1 aromatic heterocycles. The van der Waals surface area contributed by atoms with E-state index in [4.69, 9.17) is 44.3 Å². The second kappa shape index (κ2) is 13.3. The van der Waals surface area contributed by atoms with Gasteiger partial charge in [0.1, 0.15) is 5.75 Å². The molecule has 4 aromatic rings. The third-order valence-corrected chi connectivity index (χ3v) is 13.8. The van der Waals surface area contributed by atoms with Gasteiger partial charge in [0, 0.05) is 32.3 Å². The van der Waals surface area contributed by atoms with Gasteiger partial charge in [0.2, 0.25) is 11.8 Å². The smallest absolute Gasteiger partial charge is 0.338 e. The zero-order valence-electron chi connectivity index (χ0n) is 26.7. The number of hydrogen-bond acceptors (Lipinski definition) is 9. The van der Waals surface area contributed by atoms with E-state index in [0.29, 0.717) is 49.7 Å². The fourth-order valence-corrected chi connectivity index (χ4v) is 11.7. The molecule has 2 saturated carbocycles. The van der Waals surface area contributed by atoms with Crippen LogP contribution >= 0.6 is 57.9 Å². The summed E-state index contributed by atoms with van der Waals surface area (Å²) in [5, 5.41) is 4.51. The Morgan fingerprint density at radius 1 is 0.941 bits per heavy atom. The minimum atomic E-state index is -0.547. The molecule has 0 radical (unpaired) electrons. The predicted octanol–water partition coefficient (Wildman–Crippen LogP) is 7.27. The molecule has 2 bridgehead atoms. The van der Waals surface area contributed by atoms with Gasteiger partial charge in [-0.15, -0.1) is 11.8 Å². The summed E-state index contributed by atoms with van der Waals surface area (Å²) >= 11 is 21.4. The maximum absolute atomic E-state index is 14.2. The van der Waals surface area contributed by atoms with Crippen LogP contribution in [0.4, 0.5) is 11.4 Å². The van der Waals surface area contributed by atoms with Gasteiger partial charge < -0.3 is 19.8 Å². The topological polar surface area (TPSA) is 135 Å². The number of imide groups is 1. The highest BCUT2D eigenvalue weighted by Gasteiger charge is 2.70. The molecule has 3 amide bonds. The summed E-state index contributed by atoms with van der Waals surface area (Å²) in [6, 6.07) is 16.3. The number of ether oxygens (including phenoxy) is 2. The molecule has 3 aromatic carbocycles. The quantitative estimate of drug-likeness (QED) is 0.141. The largest absolute Gasteiger partial charge is 0.483 e. The fourth-order valence-electron chi connectivity index (χ4n) is 8.39. The van der Waals surface area contributed by atoms with Gasteiger partial charge in [0.25, 0.3) is 5.91 Å². The summed E-state index contributed by atoms with van der Waals surface area (Å²) in [5.41, 5.74) is 1.90. The lowest BCUT2D eigenvalue weighted by Crippen LogP contribution is -2.42. The van der Waals surface area contributed by atoms with Gasteiger partial charge in [0.15, 0.2) is 6.61 Å². The van der Waals surface area contributed by atoms with Crippen LogP contribution in [0, 0.1) is 29.6 Å². The average Bonchev–Trinajstić information content (AvgIpc) is 3.84. The van der Waals surface area contributed by atoms with Crippen molar-refractivity contribution in [2.24, 2.45) is 29.6 Å². The summed E-state index contributed by atoms with van der Waals surface area (Å²) in [6.07, 6.45) is 0.684. The van der Waals surface area contributed by atoms with Crippen molar-refractivity contribution in [3.63, 3.8) is 0 Å². The number of anilines is 2. The molecule has 1 saturated heterocycles. The van der Waals surface area contributed by atoms with E-state index in [0.717, 1.165) is 21.2 Å². The predicted molar refractivity (Wildman–Crippen MR) is 195 cm³/mol. The lowest BCUT2D eigenvalue weighted by atomic mass is 9.68. The van der Waals surface area contributed by atoms with Crippen molar-refractivity contribution in [3.8, 4) is 5.75 Å². The van der Waals surface area contributed by atoms with Gasteiger partial charge in [-0.05, 0) is 91.8 Å². The van der Waals surface area contributed by atoms with E-state index < -0.39 is 29.6 Å². The van der Waals surface area contributed by atoms with Crippen LogP contribution in [0.5, 0.6) is 5.75 Å². The minimum Gasteiger partial charge on any atom is -0.483 e. The molecular weight excluding hydrogens is 757 g/mol. The van der Waals surface area contributed by atoms with Crippen molar-refractivity contribution >= 4 is 93.0 Å². The van der Waals surface area contributed by atoms with E-state index in [-0.39, 0.29) is 52.9 Å². The number of rotatable bonds is 8. The Bertz CT molecular complexity index is 2170. The zero-order valence-corrected chi connectivity index (χ0v) is 30.6. The molecule has 51 heavy (non-hydrogen) atoms. The third kappa shape index (κ3) is 5.85. The van der Waals surface area contributed by atoms with Crippen molar-refractivity contribution in [1.82, 2.24) is 4.98 Å². The van der Waals surface area contributed by atoms with Gasteiger partial charge >= 0.3 is 10.8 Å². The van der Waals surface area contributed by atoms with Crippen molar-refractivity contribution in [2.75, 3.05) is 23.4 Å². The molecule has 3 fully saturated rings. The lowest BCUT2D eigenvalue weighted by molar-refractivity contribution is -0.123. The number of halogens is 3. The number of thiazole rings is 1. The molecule has 4 aliphatic rings. The molecule has 262 valence electrons. The van der Waals surface area contributed by atoms with E-state index >= 15 is 0 Å². The zero-order chi connectivity index (χ0) is 35.7. The lowest BCUT2D eigenvalue weighted by Gasteiger charge is -2.43. The molecule has 7 atom stereocenters. The second-order valence-electron chi connectivity index (χ2n) is 12.9. The second-order valence-corrected chi connectivity index (χ2v) is 16.3. The number of hydrogen-bond donors (Lipinski definition) is 2. The summed E-state index contributed by atoms with van der Waals surface area (Å²) < 4.78 is 11.2. The summed E-state index contributed by atoms with van der Waals surface area (Å²) in [5.74, 6) is -2.86. The number of nitrogens with one attached hydrogen (secondary N) is 2. The Morgan fingerprint density at radius 3 is 2.41 bits per heavy atom. The van der Waals surface area contributed by atoms with Crippen LogP contribution < -0.4 is 19.8 Å². The maximum Gasteiger partial charge on any atom is 0.338 e. The number of benzene rings is 3. The number of thioether (sulfide) groups is 1. The molecule has 0 unspecified atom stereocenters. The Kier molecular flexibility index (Phi) is 8.95. The number of aromatic amines is 1. The number of carbonyl (C=O) groups is 4. The monoisotopic (exact) mass is 783 g/mol. The normalized spacial score (nSPS) is 25.7. The summed E-state index contributed by atoms with van der Waals surface area (Å²) in [7, 11) is 0. The van der Waals surface area contributed by atoms with Gasteiger partial charge in [-0.25, -0.2) is 4.79 Å². The molecular formula is C36H28Cl3N3O7S2. The van der Waals surface area contributed by atoms with Gasteiger partial charge in [-0.2, -0.15) is 0 Å². The molecule has 2 aliphatic carbocycles. The van der Waals surface area contributed by atoms with Crippen LogP contribution in [-0.2, 0) is 19.1 Å². The summed E-state index contributed by atoms with van der Waals surface area (Å²) in [6.45, 7) is 1.63.